The van der Waals surface area contributed by atoms with Gasteiger partial charge in [-0.1, -0.05) is 6.42 Å². The minimum atomic E-state index is 0.280. The molecule has 2 atom stereocenters. The number of carbonyl (C=O) groups is 1. The third kappa shape index (κ3) is 2.89. The van der Waals surface area contributed by atoms with Crippen molar-refractivity contribution in [1.82, 2.24) is 5.32 Å². The van der Waals surface area contributed by atoms with E-state index in [-0.39, 0.29) is 5.78 Å². The summed E-state index contributed by atoms with van der Waals surface area (Å²) in [5, 5.41) is 7.39. The molecule has 2 heterocycles. The van der Waals surface area contributed by atoms with Gasteiger partial charge in [0.1, 0.15) is 0 Å². The van der Waals surface area contributed by atoms with Crippen molar-refractivity contribution < 1.29 is 4.79 Å². The van der Waals surface area contributed by atoms with E-state index in [0.717, 1.165) is 12.0 Å². The number of nitrogens with one attached hydrogen (secondary N) is 1. The summed E-state index contributed by atoms with van der Waals surface area (Å²) in [6.45, 7) is 2.20. The fraction of sp³-hybridized carbons (Fsp3) is 0.583. The van der Waals surface area contributed by atoms with E-state index >= 15 is 0 Å². The zero-order valence-electron chi connectivity index (χ0n) is 9.03. The van der Waals surface area contributed by atoms with E-state index in [1.54, 1.807) is 11.3 Å². The third-order valence-corrected chi connectivity index (χ3v) is 3.67. The molecule has 0 spiro atoms. The summed E-state index contributed by atoms with van der Waals surface area (Å²) in [7, 11) is 0. The molecule has 0 aliphatic carbocycles. The number of piperidine rings is 1. The maximum absolute atomic E-state index is 11.8. The van der Waals surface area contributed by atoms with Gasteiger partial charge in [0.05, 0.1) is 0 Å². The lowest BCUT2D eigenvalue weighted by atomic mass is 9.95. The van der Waals surface area contributed by atoms with Crippen LogP contribution in [-0.2, 0) is 0 Å². The number of hydrogen-bond acceptors (Lipinski definition) is 3. The summed E-state index contributed by atoms with van der Waals surface area (Å²) in [6.07, 6.45) is 4.28. The SMILES string of the molecule is CC1CCCC(CC(=O)c2ccsc2)N1. The predicted molar refractivity (Wildman–Crippen MR) is 63.5 cm³/mol. The minimum absolute atomic E-state index is 0.280. The molecule has 82 valence electrons. The highest BCUT2D eigenvalue weighted by atomic mass is 32.1. The minimum Gasteiger partial charge on any atom is -0.311 e. The molecule has 15 heavy (non-hydrogen) atoms. The Morgan fingerprint density at radius 1 is 1.60 bits per heavy atom. The number of carbonyl (C=O) groups excluding carboxylic acids is 1. The van der Waals surface area contributed by atoms with Crippen molar-refractivity contribution in [3.63, 3.8) is 0 Å². The number of rotatable bonds is 3. The highest BCUT2D eigenvalue weighted by molar-refractivity contribution is 7.08. The molecule has 0 aromatic carbocycles. The Kier molecular flexibility index (Phi) is 3.54. The number of hydrogen-bond donors (Lipinski definition) is 1. The van der Waals surface area contributed by atoms with Gasteiger partial charge >= 0.3 is 0 Å². The van der Waals surface area contributed by atoms with Crippen LogP contribution in [0.1, 0.15) is 43.0 Å². The van der Waals surface area contributed by atoms with E-state index in [1.165, 1.54) is 12.8 Å². The fourth-order valence-electron chi connectivity index (χ4n) is 2.17. The van der Waals surface area contributed by atoms with Gasteiger partial charge in [-0.3, -0.25) is 4.79 Å². The van der Waals surface area contributed by atoms with Crippen LogP contribution in [0.3, 0.4) is 0 Å². The topological polar surface area (TPSA) is 29.1 Å². The van der Waals surface area contributed by atoms with Crippen LogP contribution in [0.5, 0.6) is 0 Å². The Labute approximate surface area is 94.7 Å². The predicted octanol–water partition coefficient (Wildman–Crippen LogP) is 2.85. The first-order valence-electron chi connectivity index (χ1n) is 5.57. The molecule has 0 radical (unpaired) electrons. The number of Topliss-reactive ketones (excluding diaryl/α,β-unsaturated/α-hetero) is 1. The largest absolute Gasteiger partial charge is 0.311 e. The van der Waals surface area contributed by atoms with Crippen LogP contribution < -0.4 is 5.32 Å². The lowest BCUT2D eigenvalue weighted by molar-refractivity contribution is 0.0960. The van der Waals surface area contributed by atoms with Crippen molar-refractivity contribution in [3.8, 4) is 0 Å². The van der Waals surface area contributed by atoms with Gasteiger partial charge in [0, 0.05) is 29.4 Å². The fourth-order valence-corrected chi connectivity index (χ4v) is 2.83. The second-order valence-electron chi connectivity index (χ2n) is 4.33. The molecule has 3 heteroatoms. The Bertz CT molecular complexity index is 320. The molecule has 1 fully saturated rings. The number of thiophene rings is 1. The van der Waals surface area contributed by atoms with E-state index in [2.05, 4.69) is 12.2 Å². The average Bonchev–Trinajstić information content (AvgIpc) is 2.70. The maximum Gasteiger partial charge on any atom is 0.165 e. The molecule has 1 aliphatic rings. The second-order valence-corrected chi connectivity index (χ2v) is 5.11. The second kappa shape index (κ2) is 4.90. The molecule has 1 N–H and O–H groups in total. The summed E-state index contributed by atoms with van der Waals surface area (Å²) >= 11 is 1.59. The van der Waals surface area contributed by atoms with Crippen molar-refractivity contribution in [2.24, 2.45) is 0 Å². The lowest BCUT2D eigenvalue weighted by Gasteiger charge is -2.28. The van der Waals surface area contributed by atoms with Gasteiger partial charge in [-0.25, -0.2) is 0 Å². The van der Waals surface area contributed by atoms with Gasteiger partial charge < -0.3 is 5.32 Å². The van der Waals surface area contributed by atoms with Crippen LogP contribution in [0.15, 0.2) is 16.8 Å². The summed E-state index contributed by atoms with van der Waals surface area (Å²) < 4.78 is 0. The Balaban J connectivity index is 1.89. The van der Waals surface area contributed by atoms with Crippen LogP contribution in [0.2, 0.25) is 0 Å². The van der Waals surface area contributed by atoms with Gasteiger partial charge in [-0.2, -0.15) is 11.3 Å². The van der Waals surface area contributed by atoms with Crippen LogP contribution in [0, 0.1) is 0 Å². The number of ketones is 1. The lowest BCUT2D eigenvalue weighted by Crippen LogP contribution is -2.41. The molecule has 1 aromatic rings. The summed E-state index contributed by atoms with van der Waals surface area (Å²) in [4.78, 5) is 11.8. The van der Waals surface area contributed by atoms with Crippen molar-refractivity contribution in [3.05, 3.63) is 22.4 Å². The molecule has 1 saturated heterocycles. The van der Waals surface area contributed by atoms with Gasteiger partial charge in [0.15, 0.2) is 5.78 Å². The zero-order chi connectivity index (χ0) is 10.7. The van der Waals surface area contributed by atoms with Crippen molar-refractivity contribution in [2.75, 3.05) is 0 Å². The van der Waals surface area contributed by atoms with E-state index < -0.39 is 0 Å². The van der Waals surface area contributed by atoms with Crippen LogP contribution in [-0.4, -0.2) is 17.9 Å². The highest BCUT2D eigenvalue weighted by Gasteiger charge is 2.20. The Morgan fingerprint density at radius 2 is 2.47 bits per heavy atom. The molecular formula is C12H17NOS. The molecule has 2 nitrogen and oxygen atoms in total. The monoisotopic (exact) mass is 223 g/mol. The van der Waals surface area contributed by atoms with Gasteiger partial charge in [0.2, 0.25) is 0 Å². The summed E-state index contributed by atoms with van der Waals surface area (Å²) in [5.74, 6) is 0.280. The van der Waals surface area contributed by atoms with Crippen LogP contribution in [0.25, 0.3) is 0 Å². The van der Waals surface area contributed by atoms with Gasteiger partial charge in [-0.05, 0) is 31.2 Å². The van der Waals surface area contributed by atoms with E-state index in [9.17, 15) is 4.79 Å². The van der Waals surface area contributed by atoms with Crippen molar-refractivity contribution in [2.45, 2.75) is 44.7 Å². The molecule has 0 bridgehead atoms. The Hall–Kier alpha value is -0.670. The van der Waals surface area contributed by atoms with Crippen molar-refractivity contribution >= 4 is 17.1 Å². The zero-order valence-corrected chi connectivity index (χ0v) is 9.85. The molecule has 0 saturated carbocycles. The van der Waals surface area contributed by atoms with Crippen LogP contribution in [0.4, 0.5) is 0 Å². The van der Waals surface area contributed by atoms with E-state index in [4.69, 9.17) is 0 Å². The molecule has 0 amide bonds. The summed E-state index contributed by atoms with van der Waals surface area (Å²) in [5.41, 5.74) is 0.875. The standard InChI is InChI=1S/C12H17NOS/c1-9-3-2-4-11(13-9)7-12(14)10-5-6-15-8-10/h5-6,8-9,11,13H,2-4,7H2,1H3. The average molecular weight is 223 g/mol. The van der Waals surface area contributed by atoms with Gasteiger partial charge in [-0.15, -0.1) is 0 Å². The first-order chi connectivity index (χ1) is 7.25. The summed E-state index contributed by atoms with van der Waals surface area (Å²) in [6, 6.07) is 2.87. The quantitative estimate of drug-likeness (QED) is 0.798. The van der Waals surface area contributed by atoms with E-state index in [1.807, 2.05) is 16.8 Å². The first kappa shape index (κ1) is 10.8. The molecule has 2 rings (SSSR count). The Morgan fingerprint density at radius 3 is 3.13 bits per heavy atom. The van der Waals surface area contributed by atoms with Crippen molar-refractivity contribution in [1.29, 1.82) is 0 Å². The highest BCUT2D eigenvalue weighted by Crippen LogP contribution is 2.17. The molecule has 2 unspecified atom stereocenters. The van der Waals surface area contributed by atoms with Crippen LogP contribution >= 0.6 is 11.3 Å². The molecule has 1 aliphatic heterocycles. The van der Waals surface area contributed by atoms with Gasteiger partial charge in [0.25, 0.3) is 0 Å². The molecule has 1 aromatic heterocycles. The third-order valence-electron chi connectivity index (χ3n) is 2.98. The first-order valence-corrected chi connectivity index (χ1v) is 6.51. The smallest absolute Gasteiger partial charge is 0.165 e. The normalized spacial score (nSPS) is 26.5. The maximum atomic E-state index is 11.8. The molecular weight excluding hydrogens is 206 g/mol. The van der Waals surface area contributed by atoms with E-state index in [0.29, 0.717) is 18.5 Å².